The molecule has 0 fully saturated rings. The lowest BCUT2D eigenvalue weighted by atomic mass is 10.0. The van der Waals surface area contributed by atoms with Crippen molar-refractivity contribution in [1.82, 2.24) is 0 Å². The van der Waals surface area contributed by atoms with Gasteiger partial charge in [-0.05, 0) is 43.1 Å². The van der Waals surface area contributed by atoms with E-state index in [9.17, 15) is 0 Å². The summed E-state index contributed by atoms with van der Waals surface area (Å²) in [6, 6.07) is 4.07. The maximum absolute atomic E-state index is 5.53. The van der Waals surface area contributed by atoms with Gasteiger partial charge in [0.15, 0.2) is 11.5 Å². The lowest BCUT2D eigenvalue weighted by Crippen LogP contribution is -2.16. The van der Waals surface area contributed by atoms with Crippen molar-refractivity contribution in [3.8, 4) is 11.5 Å². The topological polar surface area (TPSA) is 44.5 Å². The van der Waals surface area contributed by atoms with Gasteiger partial charge in [-0.1, -0.05) is 0 Å². The number of fused-ring (bicyclic) bond motifs is 1. The Morgan fingerprint density at radius 2 is 1.86 bits per heavy atom. The molecule has 0 unspecified atom stereocenters. The summed E-state index contributed by atoms with van der Waals surface area (Å²) in [6.45, 7) is 4.02. The quantitative estimate of drug-likeness (QED) is 0.769. The van der Waals surface area contributed by atoms with Gasteiger partial charge in [-0.25, -0.2) is 0 Å². The van der Waals surface area contributed by atoms with Crippen molar-refractivity contribution < 1.29 is 9.47 Å². The standard InChI is InChI=1S/C11H15NO2/c1-8-6-10-11(14-5-4-13-10)7-9(8)2-3-12/h6-7H,2-5,12H2,1H3. The molecule has 2 N–H and O–H groups in total. The maximum atomic E-state index is 5.53. The van der Waals surface area contributed by atoms with Crippen LogP contribution in [-0.4, -0.2) is 19.8 Å². The predicted octanol–water partition coefficient (Wildman–Crippen LogP) is 1.27. The van der Waals surface area contributed by atoms with Crippen LogP contribution in [0.25, 0.3) is 0 Å². The number of ether oxygens (including phenoxy) is 2. The van der Waals surface area contributed by atoms with E-state index >= 15 is 0 Å². The van der Waals surface area contributed by atoms with Gasteiger partial charge in [-0.3, -0.25) is 0 Å². The Hall–Kier alpha value is -1.22. The van der Waals surface area contributed by atoms with Gasteiger partial charge < -0.3 is 15.2 Å². The Bertz CT molecular complexity index is 336. The molecule has 1 aliphatic rings. The molecule has 0 atom stereocenters. The van der Waals surface area contributed by atoms with Gasteiger partial charge in [0, 0.05) is 0 Å². The van der Waals surface area contributed by atoms with Crippen molar-refractivity contribution >= 4 is 0 Å². The molecule has 0 saturated heterocycles. The second kappa shape index (κ2) is 3.88. The average Bonchev–Trinajstić information content (AvgIpc) is 2.19. The van der Waals surface area contributed by atoms with E-state index in [1.54, 1.807) is 0 Å². The third-order valence-electron chi connectivity index (χ3n) is 2.41. The molecule has 1 aliphatic heterocycles. The Kier molecular flexibility index (Phi) is 2.59. The molecule has 0 aliphatic carbocycles. The first kappa shape index (κ1) is 9.34. The molecule has 1 heterocycles. The summed E-state index contributed by atoms with van der Waals surface area (Å²) >= 11 is 0. The minimum atomic E-state index is 0.637. The molecule has 0 aromatic heterocycles. The van der Waals surface area contributed by atoms with Gasteiger partial charge in [0.25, 0.3) is 0 Å². The Morgan fingerprint density at radius 1 is 1.21 bits per heavy atom. The van der Waals surface area contributed by atoms with E-state index in [0.29, 0.717) is 19.8 Å². The highest BCUT2D eigenvalue weighted by Crippen LogP contribution is 2.32. The first-order valence-corrected chi connectivity index (χ1v) is 4.90. The van der Waals surface area contributed by atoms with Gasteiger partial charge in [0.1, 0.15) is 13.2 Å². The molecule has 3 nitrogen and oxygen atoms in total. The summed E-state index contributed by atoms with van der Waals surface area (Å²) in [5.41, 5.74) is 8.00. The fourth-order valence-electron chi connectivity index (χ4n) is 1.66. The maximum Gasteiger partial charge on any atom is 0.161 e. The van der Waals surface area contributed by atoms with Crippen LogP contribution in [0.3, 0.4) is 0 Å². The van der Waals surface area contributed by atoms with E-state index in [0.717, 1.165) is 17.9 Å². The van der Waals surface area contributed by atoms with Crippen LogP contribution in [0, 0.1) is 6.92 Å². The highest BCUT2D eigenvalue weighted by molar-refractivity contribution is 5.47. The van der Waals surface area contributed by atoms with Gasteiger partial charge in [0.05, 0.1) is 0 Å². The molecule has 14 heavy (non-hydrogen) atoms. The molecule has 76 valence electrons. The van der Waals surface area contributed by atoms with Crippen LogP contribution >= 0.6 is 0 Å². The highest BCUT2D eigenvalue weighted by atomic mass is 16.6. The summed E-state index contributed by atoms with van der Waals surface area (Å²) in [4.78, 5) is 0. The van der Waals surface area contributed by atoms with E-state index in [1.807, 2.05) is 12.1 Å². The molecule has 2 rings (SSSR count). The SMILES string of the molecule is Cc1cc2c(cc1CCN)OCCO2. The van der Waals surface area contributed by atoms with E-state index in [1.165, 1.54) is 11.1 Å². The van der Waals surface area contributed by atoms with Crippen molar-refractivity contribution in [3.63, 3.8) is 0 Å². The molecular formula is C11H15NO2. The van der Waals surface area contributed by atoms with Gasteiger partial charge >= 0.3 is 0 Å². The monoisotopic (exact) mass is 193 g/mol. The van der Waals surface area contributed by atoms with Crippen LogP contribution in [0.15, 0.2) is 12.1 Å². The van der Waals surface area contributed by atoms with Crippen molar-refractivity contribution in [1.29, 1.82) is 0 Å². The first-order chi connectivity index (χ1) is 6.81. The Labute approximate surface area is 83.8 Å². The molecule has 1 aromatic carbocycles. The molecule has 0 saturated carbocycles. The number of rotatable bonds is 2. The Balaban J connectivity index is 2.35. The third kappa shape index (κ3) is 1.68. The third-order valence-corrected chi connectivity index (χ3v) is 2.41. The second-order valence-corrected chi connectivity index (χ2v) is 3.46. The summed E-state index contributed by atoms with van der Waals surface area (Å²) in [7, 11) is 0. The molecule has 0 amide bonds. The zero-order chi connectivity index (χ0) is 9.97. The van der Waals surface area contributed by atoms with Crippen LogP contribution in [0.4, 0.5) is 0 Å². The minimum absolute atomic E-state index is 0.637. The number of benzene rings is 1. The van der Waals surface area contributed by atoms with Gasteiger partial charge in [-0.2, -0.15) is 0 Å². The normalized spacial score (nSPS) is 14.1. The number of nitrogens with two attached hydrogens (primary N) is 1. The van der Waals surface area contributed by atoms with Crippen LogP contribution in [-0.2, 0) is 6.42 Å². The van der Waals surface area contributed by atoms with Crippen LogP contribution in [0.5, 0.6) is 11.5 Å². The lowest BCUT2D eigenvalue weighted by molar-refractivity contribution is 0.171. The first-order valence-electron chi connectivity index (χ1n) is 4.90. The average molecular weight is 193 g/mol. The van der Waals surface area contributed by atoms with Crippen LogP contribution in [0.1, 0.15) is 11.1 Å². The number of aryl methyl sites for hydroxylation is 1. The van der Waals surface area contributed by atoms with E-state index in [-0.39, 0.29) is 0 Å². The van der Waals surface area contributed by atoms with Gasteiger partial charge in [-0.15, -0.1) is 0 Å². The van der Waals surface area contributed by atoms with E-state index in [4.69, 9.17) is 15.2 Å². The highest BCUT2D eigenvalue weighted by Gasteiger charge is 2.13. The lowest BCUT2D eigenvalue weighted by Gasteiger charge is -2.20. The van der Waals surface area contributed by atoms with Crippen LogP contribution in [0.2, 0.25) is 0 Å². The fraction of sp³-hybridized carbons (Fsp3) is 0.455. The smallest absolute Gasteiger partial charge is 0.161 e. The molecule has 0 radical (unpaired) electrons. The summed E-state index contributed by atoms with van der Waals surface area (Å²) in [5.74, 6) is 1.71. The van der Waals surface area contributed by atoms with E-state index < -0.39 is 0 Å². The van der Waals surface area contributed by atoms with Crippen molar-refractivity contribution in [2.24, 2.45) is 5.73 Å². The largest absolute Gasteiger partial charge is 0.486 e. The summed E-state index contributed by atoms with van der Waals surface area (Å²) in [6.07, 6.45) is 0.891. The van der Waals surface area contributed by atoms with Crippen molar-refractivity contribution in [3.05, 3.63) is 23.3 Å². The van der Waals surface area contributed by atoms with Crippen molar-refractivity contribution in [2.45, 2.75) is 13.3 Å². The van der Waals surface area contributed by atoms with Gasteiger partial charge in [0.2, 0.25) is 0 Å². The van der Waals surface area contributed by atoms with Crippen molar-refractivity contribution in [2.75, 3.05) is 19.8 Å². The summed E-state index contributed by atoms with van der Waals surface area (Å²) < 4.78 is 11.0. The minimum Gasteiger partial charge on any atom is -0.486 e. The number of hydrogen-bond acceptors (Lipinski definition) is 3. The summed E-state index contributed by atoms with van der Waals surface area (Å²) in [5, 5.41) is 0. The molecule has 0 spiro atoms. The molecular weight excluding hydrogens is 178 g/mol. The predicted molar refractivity (Wildman–Crippen MR) is 54.9 cm³/mol. The fourth-order valence-corrected chi connectivity index (χ4v) is 1.66. The molecule has 3 heteroatoms. The second-order valence-electron chi connectivity index (χ2n) is 3.46. The Morgan fingerprint density at radius 3 is 2.50 bits per heavy atom. The number of hydrogen-bond donors (Lipinski definition) is 1. The zero-order valence-electron chi connectivity index (χ0n) is 8.38. The van der Waals surface area contributed by atoms with Crippen LogP contribution < -0.4 is 15.2 Å². The zero-order valence-corrected chi connectivity index (χ0v) is 8.38. The molecule has 1 aromatic rings. The molecule has 0 bridgehead atoms. The van der Waals surface area contributed by atoms with E-state index in [2.05, 4.69) is 6.92 Å².